The molecule has 1 saturated carbocycles. The van der Waals surface area contributed by atoms with Crippen molar-refractivity contribution in [1.29, 1.82) is 0 Å². The van der Waals surface area contributed by atoms with Crippen LogP contribution >= 0.6 is 0 Å². The van der Waals surface area contributed by atoms with E-state index in [1.807, 2.05) is 4.57 Å². The Balaban J connectivity index is 1.76. The number of halogens is 4. The highest BCUT2D eigenvalue weighted by Gasteiger charge is 2.30. The number of pyridine rings is 1. The fourth-order valence-electron chi connectivity index (χ4n) is 3.14. The molecule has 3 aromatic heterocycles. The van der Waals surface area contributed by atoms with Crippen molar-refractivity contribution < 1.29 is 17.6 Å². The lowest BCUT2D eigenvalue weighted by Crippen LogP contribution is -2.05. The molecular weight excluding hydrogens is 350 g/mol. The Morgan fingerprint density at radius 2 is 1.73 bits per heavy atom. The van der Waals surface area contributed by atoms with E-state index in [4.69, 9.17) is 0 Å². The van der Waals surface area contributed by atoms with E-state index in [9.17, 15) is 17.6 Å². The highest BCUT2D eigenvalue weighted by molar-refractivity contribution is 5.81. The number of imidazole rings is 2. The molecule has 1 aromatic carbocycles. The maximum absolute atomic E-state index is 13.7. The van der Waals surface area contributed by atoms with Crippen molar-refractivity contribution in [2.24, 2.45) is 0 Å². The van der Waals surface area contributed by atoms with Crippen LogP contribution in [-0.2, 0) is 0 Å². The highest BCUT2D eigenvalue weighted by Crippen LogP contribution is 2.40. The Kier molecular flexibility index (Phi) is 3.10. The smallest absolute Gasteiger partial charge is 0.280 e. The van der Waals surface area contributed by atoms with Crippen molar-refractivity contribution in [3.8, 4) is 5.95 Å². The predicted molar refractivity (Wildman–Crippen MR) is 85.3 cm³/mol. The molecule has 132 valence electrons. The van der Waals surface area contributed by atoms with Crippen molar-refractivity contribution in [2.45, 2.75) is 25.3 Å². The number of nitrogens with zero attached hydrogens (tertiary/aromatic N) is 5. The number of alkyl halides is 2. The summed E-state index contributed by atoms with van der Waals surface area (Å²) in [5.41, 5.74) is 1.29. The number of rotatable bonds is 3. The molecule has 0 amide bonds. The van der Waals surface area contributed by atoms with E-state index in [0.717, 1.165) is 25.0 Å². The molecule has 4 aromatic rings. The Labute approximate surface area is 143 Å². The van der Waals surface area contributed by atoms with E-state index in [1.165, 1.54) is 18.6 Å². The molecule has 26 heavy (non-hydrogen) atoms. The Morgan fingerprint density at radius 3 is 2.46 bits per heavy atom. The number of hydrogen-bond acceptors (Lipinski definition) is 3. The van der Waals surface area contributed by atoms with Gasteiger partial charge in [0.25, 0.3) is 6.43 Å². The van der Waals surface area contributed by atoms with Crippen LogP contribution in [0.15, 0.2) is 30.7 Å². The van der Waals surface area contributed by atoms with Crippen LogP contribution in [0.1, 0.15) is 31.0 Å². The summed E-state index contributed by atoms with van der Waals surface area (Å²) in [6.45, 7) is 0. The van der Waals surface area contributed by atoms with Gasteiger partial charge < -0.3 is 4.57 Å². The molecular formula is C17H11F4N5. The van der Waals surface area contributed by atoms with Crippen molar-refractivity contribution in [1.82, 2.24) is 24.1 Å². The molecule has 1 fully saturated rings. The summed E-state index contributed by atoms with van der Waals surface area (Å²) in [5.74, 6) is -1.48. The fourth-order valence-corrected chi connectivity index (χ4v) is 3.14. The molecule has 1 aliphatic rings. The first-order chi connectivity index (χ1) is 12.5. The lowest BCUT2D eigenvalue weighted by atomic mass is 10.3. The summed E-state index contributed by atoms with van der Waals surface area (Å²) in [7, 11) is 0. The van der Waals surface area contributed by atoms with Gasteiger partial charge in [-0.2, -0.15) is 0 Å². The summed E-state index contributed by atoms with van der Waals surface area (Å²) in [4.78, 5) is 12.4. The van der Waals surface area contributed by atoms with Gasteiger partial charge in [0.15, 0.2) is 11.6 Å². The number of hydrogen-bond donors (Lipinski definition) is 0. The second kappa shape index (κ2) is 5.26. The predicted octanol–water partition coefficient (Wildman–Crippen LogP) is 4.32. The fraction of sp³-hybridized carbons (Fsp3) is 0.235. The van der Waals surface area contributed by atoms with Crippen LogP contribution in [0.4, 0.5) is 17.6 Å². The molecule has 1 aliphatic carbocycles. The van der Waals surface area contributed by atoms with Crippen LogP contribution in [0, 0.1) is 11.6 Å². The van der Waals surface area contributed by atoms with Gasteiger partial charge in [0, 0.05) is 18.2 Å². The van der Waals surface area contributed by atoms with E-state index in [1.54, 1.807) is 4.57 Å². The summed E-state index contributed by atoms with van der Waals surface area (Å²) in [6, 6.07) is 3.54. The van der Waals surface area contributed by atoms with Gasteiger partial charge in [-0.15, -0.1) is 0 Å². The number of aromatic nitrogens is 5. The molecule has 0 spiro atoms. The van der Waals surface area contributed by atoms with Gasteiger partial charge in [-0.3, -0.25) is 9.55 Å². The van der Waals surface area contributed by atoms with Crippen molar-refractivity contribution >= 4 is 22.1 Å². The topological polar surface area (TPSA) is 48.5 Å². The largest absolute Gasteiger partial charge is 0.306 e. The molecule has 0 bridgehead atoms. The highest BCUT2D eigenvalue weighted by atomic mass is 19.3. The first-order valence-electron chi connectivity index (χ1n) is 8.01. The van der Waals surface area contributed by atoms with Crippen LogP contribution in [0.5, 0.6) is 0 Å². The van der Waals surface area contributed by atoms with Crippen LogP contribution in [-0.4, -0.2) is 24.1 Å². The van der Waals surface area contributed by atoms with Crippen LogP contribution in [0.3, 0.4) is 0 Å². The zero-order chi connectivity index (χ0) is 18.0. The third kappa shape index (κ3) is 2.19. The Morgan fingerprint density at radius 1 is 0.962 bits per heavy atom. The summed E-state index contributed by atoms with van der Waals surface area (Å²) in [6.07, 6.45) is 1.87. The van der Waals surface area contributed by atoms with E-state index in [0.29, 0.717) is 28.0 Å². The van der Waals surface area contributed by atoms with Crippen molar-refractivity contribution in [3.63, 3.8) is 0 Å². The number of benzene rings is 1. The standard InChI is InChI=1S/C17H11F4N5/c18-9-3-12-14(4-10(9)19)26(8-1-2-8)17(24-12)25-7-23-11-5-13(16(20)21)22-6-15(11)25/h3-8,16H,1-2H2. The van der Waals surface area contributed by atoms with Crippen LogP contribution < -0.4 is 0 Å². The third-order valence-electron chi connectivity index (χ3n) is 4.52. The molecule has 5 nitrogen and oxygen atoms in total. The lowest BCUT2D eigenvalue weighted by Gasteiger charge is -2.09. The average molecular weight is 361 g/mol. The first kappa shape index (κ1) is 15.3. The SMILES string of the molecule is Fc1cc2nc(-n3cnc4cc(C(F)F)ncc43)n(C3CC3)c2cc1F. The van der Waals surface area contributed by atoms with Crippen molar-refractivity contribution in [3.05, 3.63) is 48.1 Å². The molecule has 3 heterocycles. The van der Waals surface area contributed by atoms with E-state index in [2.05, 4.69) is 15.0 Å². The molecule has 0 radical (unpaired) electrons. The van der Waals surface area contributed by atoms with Gasteiger partial charge in [0.2, 0.25) is 5.95 Å². The monoisotopic (exact) mass is 361 g/mol. The molecule has 9 heteroatoms. The van der Waals surface area contributed by atoms with Gasteiger partial charge in [0.1, 0.15) is 12.0 Å². The minimum Gasteiger partial charge on any atom is -0.306 e. The minimum absolute atomic E-state index is 0.130. The number of fused-ring (bicyclic) bond motifs is 2. The Hall–Kier alpha value is -2.97. The average Bonchev–Trinajstić information content (AvgIpc) is 3.26. The molecule has 0 unspecified atom stereocenters. The van der Waals surface area contributed by atoms with Gasteiger partial charge in [-0.1, -0.05) is 0 Å². The second-order valence-corrected chi connectivity index (χ2v) is 6.28. The minimum atomic E-state index is -2.69. The van der Waals surface area contributed by atoms with Gasteiger partial charge in [-0.05, 0) is 18.9 Å². The van der Waals surface area contributed by atoms with E-state index >= 15 is 0 Å². The normalized spacial score (nSPS) is 14.8. The lowest BCUT2D eigenvalue weighted by molar-refractivity contribution is 0.146. The van der Waals surface area contributed by atoms with Gasteiger partial charge in [-0.25, -0.2) is 27.5 Å². The Bertz CT molecular complexity index is 1160. The zero-order valence-corrected chi connectivity index (χ0v) is 13.2. The van der Waals surface area contributed by atoms with E-state index in [-0.39, 0.29) is 11.7 Å². The first-order valence-corrected chi connectivity index (χ1v) is 8.01. The van der Waals surface area contributed by atoms with Crippen molar-refractivity contribution in [2.75, 3.05) is 0 Å². The van der Waals surface area contributed by atoms with Gasteiger partial charge in [0.05, 0.1) is 28.3 Å². The van der Waals surface area contributed by atoms with E-state index < -0.39 is 18.1 Å². The van der Waals surface area contributed by atoms with Crippen LogP contribution in [0.2, 0.25) is 0 Å². The third-order valence-corrected chi connectivity index (χ3v) is 4.52. The molecule has 0 atom stereocenters. The summed E-state index contributed by atoms with van der Waals surface area (Å²) >= 11 is 0. The quantitative estimate of drug-likeness (QED) is 0.511. The van der Waals surface area contributed by atoms with Gasteiger partial charge >= 0.3 is 0 Å². The molecule has 0 saturated heterocycles. The maximum atomic E-state index is 13.7. The molecule has 5 rings (SSSR count). The summed E-state index contributed by atoms with van der Waals surface area (Å²) in [5, 5.41) is 0. The second-order valence-electron chi connectivity index (χ2n) is 6.28. The molecule has 0 aliphatic heterocycles. The van der Waals surface area contributed by atoms with Crippen LogP contribution in [0.25, 0.3) is 28.0 Å². The molecule has 0 N–H and O–H groups in total. The summed E-state index contributed by atoms with van der Waals surface area (Å²) < 4.78 is 56.4. The maximum Gasteiger partial charge on any atom is 0.280 e. The zero-order valence-electron chi connectivity index (χ0n) is 13.2.